The van der Waals surface area contributed by atoms with E-state index in [1.165, 1.54) is 0 Å². The number of amides is 3. The average Bonchev–Trinajstić information content (AvgIpc) is 2.98. The molecule has 3 aromatic rings. The number of carboxylic acids is 2. The Morgan fingerprint density at radius 2 is 1.38 bits per heavy atom. The number of urea groups is 1. The van der Waals surface area contributed by atoms with Gasteiger partial charge in [0, 0.05) is 5.69 Å². The van der Waals surface area contributed by atoms with Gasteiger partial charge in [0.15, 0.2) is 0 Å². The van der Waals surface area contributed by atoms with Gasteiger partial charge in [-0.1, -0.05) is 73.4 Å². The molecular weight excluding hydrogens is 591 g/mol. The molecule has 240 valence electrons. The first-order valence-corrected chi connectivity index (χ1v) is 14.4. The number of benzene rings is 3. The summed E-state index contributed by atoms with van der Waals surface area (Å²) in [7, 11) is 0. The Balaban J connectivity index is 0.000000707. The summed E-state index contributed by atoms with van der Waals surface area (Å²) in [6.07, 6.45) is -0.539. The number of carboxylic acid groups (broad SMARTS) is 2. The van der Waals surface area contributed by atoms with Gasteiger partial charge in [0.25, 0.3) is 5.91 Å². The first-order chi connectivity index (χ1) is 21.2. The van der Waals surface area contributed by atoms with E-state index in [1.54, 1.807) is 18.2 Å². The van der Waals surface area contributed by atoms with Gasteiger partial charge in [-0.05, 0) is 73.9 Å². The summed E-state index contributed by atoms with van der Waals surface area (Å²) in [5.41, 5.74) is 5.95. The molecule has 0 aromatic heterocycles. The van der Waals surface area contributed by atoms with Crippen LogP contribution in [-0.4, -0.2) is 46.3 Å². The summed E-state index contributed by atoms with van der Waals surface area (Å²) in [4.78, 5) is 47.5. The lowest BCUT2D eigenvalue weighted by atomic mass is 9.83. The predicted octanol–water partition coefficient (Wildman–Crippen LogP) is 7.32. The molecule has 1 fully saturated rings. The highest BCUT2D eigenvalue weighted by molar-refractivity contribution is 6.08. The van der Waals surface area contributed by atoms with Crippen LogP contribution in [0.25, 0.3) is 11.1 Å². The number of hydrogen-bond donors (Lipinski definition) is 5. The van der Waals surface area contributed by atoms with Crippen molar-refractivity contribution in [2.75, 3.05) is 10.6 Å². The molecular formula is C33H36F3N3O6. The second kappa shape index (κ2) is 15.2. The minimum atomic E-state index is -5.08. The van der Waals surface area contributed by atoms with Crippen LogP contribution in [0.2, 0.25) is 0 Å². The van der Waals surface area contributed by atoms with Crippen molar-refractivity contribution in [3.8, 4) is 11.1 Å². The van der Waals surface area contributed by atoms with E-state index in [-0.39, 0.29) is 11.5 Å². The topological polar surface area (TPSA) is 145 Å². The van der Waals surface area contributed by atoms with Crippen LogP contribution >= 0.6 is 0 Å². The number of hydrogen-bond acceptors (Lipinski definition) is 4. The molecule has 0 unspecified atom stereocenters. The lowest BCUT2D eigenvalue weighted by Crippen LogP contribution is -2.46. The Hall–Kier alpha value is -4.87. The van der Waals surface area contributed by atoms with Crippen LogP contribution in [-0.2, 0) is 9.59 Å². The number of carbonyl (C=O) groups is 4. The molecule has 1 aliphatic carbocycles. The SMILES string of the molecule is Cc1cc(C)c(NC(=O)Nc2cc(-c3ccccc3)ccc2C(=O)N[C@H](C(=O)O)C2CCCCC2)c(C)c1.O=C(O)C(F)(F)F. The third-order valence-corrected chi connectivity index (χ3v) is 7.45. The Morgan fingerprint density at radius 1 is 0.800 bits per heavy atom. The van der Waals surface area contributed by atoms with E-state index in [1.807, 2.05) is 63.2 Å². The third-order valence-electron chi connectivity index (χ3n) is 7.45. The Bertz CT molecular complexity index is 1510. The first kappa shape index (κ1) is 34.6. The van der Waals surface area contributed by atoms with Crippen LogP contribution in [0.3, 0.4) is 0 Å². The Morgan fingerprint density at radius 3 is 1.91 bits per heavy atom. The summed E-state index contributed by atoms with van der Waals surface area (Å²) in [5.74, 6) is -4.43. The largest absolute Gasteiger partial charge is 0.490 e. The third kappa shape index (κ3) is 9.82. The molecule has 0 saturated heterocycles. The number of anilines is 2. The quantitative estimate of drug-likeness (QED) is 0.186. The highest BCUT2D eigenvalue weighted by Crippen LogP contribution is 2.29. The van der Waals surface area contributed by atoms with Crippen LogP contribution in [0, 0.1) is 26.7 Å². The van der Waals surface area contributed by atoms with E-state index in [0.29, 0.717) is 11.4 Å². The van der Waals surface area contributed by atoms with E-state index < -0.39 is 36.1 Å². The molecule has 0 bridgehead atoms. The number of rotatable bonds is 7. The minimum Gasteiger partial charge on any atom is -0.480 e. The number of nitrogens with one attached hydrogen (secondary N) is 3. The van der Waals surface area contributed by atoms with Crippen molar-refractivity contribution >= 4 is 35.3 Å². The fourth-order valence-corrected chi connectivity index (χ4v) is 5.37. The number of carbonyl (C=O) groups excluding carboxylic acids is 2. The molecule has 0 radical (unpaired) electrons. The molecule has 3 amide bonds. The van der Waals surface area contributed by atoms with Crippen molar-refractivity contribution in [2.45, 2.75) is 65.1 Å². The summed E-state index contributed by atoms with van der Waals surface area (Å²) >= 11 is 0. The molecule has 45 heavy (non-hydrogen) atoms. The van der Waals surface area contributed by atoms with Gasteiger partial charge < -0.3 is 26.2 Å². The van der Waals surface area contributed by atoms with E-state index in [4.69, 9.17) is 9.90 Å². The van der Waals surface area contributed by atoms with Gasteiger partial charge >= 0.3 is 24.1 Å². The monoisotopic (exact) mass is 627 g/mol. The molecule has 12 heteroatoms. The lowest BCUT2D eigenvalue weighted by molar-refractivity contribution is -0.192. The molecule has 1 aliphatic rings. The van der Waals surface area contributed by atoms with Crippen molar-refractivity contribution in [3.63, 3.8) is 0 Å². The summed E-state index contributed by atoms with van der Waals surface area (Å²) < 4.78 is 31.7. The lowest BCUT2D eigenvalue weighted by Gasteiger charge is -2.28. The molecule has 5 N–H and O–H groups in total. The van der Waals surface area contributed by atoms with Crippen molar-refractivity contribution < 1.29 is 42.6 Å². The fourth-order valence-electron chi connectivity index (χ4n) is 5.37. The molecule has 1 saturated carbocycles. The molecule has 0 heterocycles. The normalized spacial score (nSPS) is 13.9. The Labute approximate surface area is 258 Å². The van der Waals surface area contributed by atoms with Crippen molar-refractivity contribution in [1.82, 2.24) is 5.32 Å². The molecule has 3 aromatic carbocycles. The van der Waals surface area contributed by atoms with Crippen molar-refractivity contribution in [2.24, 2.45) is 5.92 Å². The van der Waals surface area contributed by atoms with Gasteiger partial charge in [0.2, 0.25) is 0 Å². The van der Waals surface area contributed by atoms with Gasteiger partial charge in [0.05, 0.1) is 11.3 Å². The van der Waals surface area contributed by atoms with E-state index in [9.17, 15) is 32.7 Å². The van der Waals surface area contributed by atoms with Crippen LogP contribution in [0.4, 0.5) is 29.3 Å². The first-order valence-electron chi connectivity index (χ1n) is 14.4. The zero-order valence-corrected chi connectivity index (χ0v) is 25.1. The van der Waals surface area contributed by atoms with E-state index in [2.05, 4.69) is 16.0 Å². The molecule has 9 nitrogen and oxygen atoms in total. The minimum absolute atomic E-state index is 0.110. The van der Waals surface area contributed by atoms with Gasteiger partial charge in [0.1, 0.15) is 6.04 Å². The highest BCUT2D eigenvalue weighted by Gasteiger charge is 2.38. The molecule has 0 aliphatic heterocycles. The molecule has 1 atom stereocenters. The van der Waals surface area contributed by atoms with Gasteiger partial charge in [-0.15, -0.1) is 0 Å². The second-order valence-electron chi connectivity index (χ2n) is 11.0. The fraction of sp³-hybridized carbons (Fsp3) is 0.333. The van der Waals surface area contributed by atoms with Gasteiger partial charge in [-0.25, -0.2) is 14.4 Å². The summed E-state index contributed by atoms with van der Waals surface area (Å²) in [6.45, 7) is 5.87. The van der Waals surface area contributed by atoms with Crippen LogP contribution in [0.5, 0.6) is 0 Å². The molecule has 0 spiro atoms. The Kier molecular flexibility index (Phi) is 11.7. The predicted molar refractivity (Wildman–Crippen MR) is 164 cm³/mol. The van der Waals surface area contributed by atoms with Gasteiger partial charge in [-0.2, -0.15) is 13.2 Å². The van der Waals surface area contributed by atoms with Crippen LogP contribution < -0.4 is 16.0 Å². The maximum absolute atomic E-state index is 13.4. The summed E-state index contributed by atoms with van der Waals surface area (Å²) in [6, 6.07) is 17.4. The van der Waals surface area contributed by atoms with E-state index in [0.717, 1.165) is 59.9 Å². The standard InChI is InChI=1S/C31H35N3O4.C2HF3O2/c1-19-16-20(2)27(21(3)17-19)34-31(38)32-26-18-24(22-10-6-4-7-11-22)14-15-25(26)29(35)33-28(30(36)37)23-12-8-5-9-13-23;3-2(4,5)1(6)7/h4,6-7,10-11,14-18,23,28H,5,8-9,12-13H2,1-3H3,(H,33,35)(H,36,37)(H2,32,34,38);(H,6,7)/t28-;/m0./s1. The number of alkyl halides is 3. The maximum atomic E-state index is 13.4. The number of aryl methyl sites for hydroxylation is 3. The number of aliphatic carboxylic acids is 2. The summed E-state index contributed by atoms with van der Waals surface area (Å²) in [5, 5.41) is 25.5. The maximum Gasteiger partial charge on any atom is 0.490 e. The van der Waals surface area contributed by atoms with Crippen molar-refractivity contribution in [1.29, 1.82) is 0 Å². The zero-order chi connectivity index (χ0) is 33.3. The zero-order valence-electron chi connectivity index (χ0n) is 25.1. The van der Waals surface area contributed by atoms with Crippen molar-refractivity contribution in [3.05, 3.63) is 82.9 Å². The van der Waals surface area contributed by atoms with Crippen LogP contribution in [0.1, 0.15) is 59.2 Å². The average molecular weight is 628 g/mol. The van der Waals surface area contributed by atoms with Gasteiger partial charge in [-0.3, -0.25) is 4.79 Å². The van der Waals surface area contributed by atoms with Crippen LogP contribution in [0.15, 0.2) is 60.7 Å². The second-order valence-corrected chi connectivity index (χ2v) is 11.0. The smallest absolute Gasteiger partial charge is 0.480 e. The molecule has 4 rings (SSSR count). The van der Waals surface area contributed by atoms with E-state index >= 15 is 0 Å². The highest BCUT2D eigenvalue weighted by atomic mass is 19.4. The number of halogens is 3.